The van der Waals surface area contributed by atoms with E-state index in [2.05, 4.69) is 22.0 Å². The van der Waals surface area contributed by atoms with Crippen molar-refractivity contribution in [3.05, 3.63) is 59.8 Å². The van der Waals surface area contributed by atoms with Crippen LogP contribution < -0.4 is 5.73 Å². The molecular formula is C27H31N5O3. The number of nitrogens with two attached hydrogens (primary N) is 1. The first-order valence-corrected chi connectivity index (χ1v) is 12.0. The molecule has 35 heavy (non-hydrogen) atoms. The number of aromatic nitrogens is 3. The number of aliphatic hydroxyl groups is 1. The molecule has 5 rings (SSSR count). The van der Waals surface area contributed by atoms with Crippen molar-refractivity contribution < 1.29 is 14.4 Å². The van der Waals surface area contributed by atoms with E-state index < -0.39 is 11.6 Å². The molecule has 0 bridgehead atoms. The number of carbonyl (C=O) groups excluding carboxylic acids is 1. The molecule has 8 nitrogen and oxygen atoms in total. The molecule has 0 unspecified atom stereocenters. The summed E-state index contributed by atoms with van der Waals surface area (Å²) in [5.41, 5.74) is 8.16. The third-order valence-corrected chi connectivity index (χ3v) is 6.72. The van der Waals surface area contributed by atoms with Gasteiger partial charge in [-0.15, -0.1) is 0 Å². The van der Waals surface area contributed by atoms with Gasteiger partial charge < -0.3 is 24.8 Å². The Kier molecular flexibility index (Phi) is 5.99. The first-order valence-electron chi connectivity index (χ1n) is 12.0. The normalized spacial score (nSPS) is 21.9. The minimum atomic E-state index is -0.648. The summed E-state index contributed by atoms with van der Waals surface area (Å²) in [4.78, 5) is 18.5. The maximum Gasteiger partial charge on any atom is 0.224 e. The minimum Gasteiger partial charge on any atom is -0.385 e. The first kappa shape index (κ1) is 23.3. The highest BCUT2D eigenvalue weighted by molar-refractivity contribution is 5.78. The third-order valence-electron chi connectivity index (χ3n) is 6.72. The zero-order valence-electron chi connectivity index (χ0n) is 20.3. The number of rotatable bonds is 6. The zero-order valence-corrected chi connectivity index (χ0v) is 20.3. The molecule has 1 saturated heterocycles. The lowest BCUT2D eigenvalue weighted by Gasteiger charge is -2.24. The number of fused-ring (bicyclic) bond motifs is 1. The van der Waals surface area contributed by atoms with Crippen LogP contribution in [0.2, 0.25) is 0 Å². The fourth-order valence-corrected chi connectivity index (χ4v) is 4.85. The monoisotopic (exact) mass is 473 g/mol. The van der Waals surface area contributed by atoms with Gasteiger partial charge in [0.05, 0.1) is 6.54 Å². The Morgan fingerprint density at radius 3 is 2.66 bits per heavy atom. The van der Waals surface area contributed by atoms with Gasteiger partial charge in [-0.2, -0.15) is 0 Å². The largest absolute Gasteiger partial charge is 0.385 e. The SMILES string of the molecule is C[C@H](O)c1nccn1Cc1cc(-c2ccc(C#C[C@@H]3[C@H]4CN(C(=O)CC(C)(C)N)C[C@@H]34)cc2)on1. The molecule has 2 aromatic heterocycles. The molecule has 0 spiro atoms. The van der Waals surface area contributed by atoms with Crippen molar-refractivity contribution >= 4 is 5.91 Å². The summed E-state index contributed by atoms with van der Waals surface area (Å²) in [6, 6.07) is 9.84. The number of carbonyl (C=O) groups is 1. The molecule has 3 N–H and O–H groups in total. The van der Waals surface area contributed by atoms with Crippen LogP contribution in [0.1, 0.15) is 50.4 Å². The van der Waals surface area contributed by atoms with Gasteiger partial charge in [0.2, 0.25) is 5.91 Å². The molecule has 8 heteroatoms. The second-order valence-corrected chi connectivity index (χ2v) is 10.4. The first-order chi connectivity index (χ1) is 16.7. The van der Waals surface area contributed by atoms with Gasteiger partial charge in [0.1, 0.15) is 17.6 Å². The van der Waals surface area contributed by atoms with Crippen molar-refractivity contribution in [2.24, 2.45) is 23.5 Å². The van der Waals surface area contributed by atoms with Crippen LogP contribution in [0.15, 0.2) is 47.2 Å². The molecule has 1 aliphatic carbocycles. The number of benzene rings is 1. The number of likely N-dealkylation sites (tertiary alicyclic amines) is 1. The number of piperidine rings is 1. The fourth-order valence-electron chi connectivity index (χ4n) is 4.85. The van der Waals surface area contributed by atoms with Gasteiger partial charge >= 0.3 is 0 Å². The van der Waals surface area contributed by atoms with E-state index in [1.807, 2.05) is 59.8 Å². The zero-order chi connectivity index (χ0) is 24.7. The Balaban J connectivity index is 1.16. The number of imidazole rings is 1. The number of nitrogens with zero attached hydrogens (tertiary/aromatic N) is 4. The number of amides is 1. The van der Waals surface area contributed by atoms with Gasteiger partial charge in [-0.3, -0.25) is 4.79 Å². The van der Waals surface area contributed by atoms with E-state index in [1.54, 1.807) is 13.1 Å². The summed E-state index contributed by atoms with van der Waals surface area (Å²) in [6.45, 7) is 7.53. The molecule has 1 aromatic carbocycles. The number of hydrogen-bond donors (Lipinski definition) is 2. The second-order valence-electron chi connectivity index (χ2n) is 10.4. The average Bonchev–Trinajstić information content (AvgIpc) is 3.29. The smallest absolute Gasteiger partial charge is 0.224 e. The minimum absolute atomic E-state index is 0.149. The van der Waals surface area contributed by atoms with E-state index in [9.17, 15) is 9.90 Å². The standard InChI is InChI=1S/C27H31N5O3/c1-17(33)26-29-10-11-31(26)14-20-12-24(35-30-20)19-7-4-18(5-8-19)6-9-21-22-15-32(16-23(21)22)25(34)13-27(2,3)28/h4-5,7-8,10-12,17,21-23,33H,13-16,28H2,1-3H3/t17-,21-,22-,23+/m0/s1. The summed E-state index contributed by atoms with van der Waals surface area (Å²) < 4.78 is 7.39. The van der Waals surface area contributed by atoms with Crippen molar-refractivity contribution in [2.45, 2.75) is 45.4 Å². The Morgan fingerprint density at radius 1 is 1.29 bits per heavy atom. The highest BCUT2D eigenvalue weighted by atomic mass is 16.5. The molecule has 2 fully saturated rings. The maximum absolute atomic E-state index is 12.4. The van der Waals surface area contributed by atoms with Crippen LogP contribution in [0, 0.1) is 29.6 Å². The number of aliphatic hydroxyl groups excluding tert-OH is 1. The molecule has 182 valence electrons. The third kappa shape index (κ3) is 5.16. The van der Waals surface area contributed by atoms with Crippen LogP contribution in [0.5, 0.6) is 0 Å². The molecule has 3 aromatic rings. The highest BCUT2D eigenvalue weighted by Crippen LogP contribution is 2.51. The van der Waals surface area contributed by atoms with Crippen LogP contribution >= 0.6 is 0 Å². The van der Waals surface area contributed by atoms with Gasteiger partial charge in [-0.05, 0) is 56.9 Å². The maximum atomic E-state index is 12.4. The van der Waals surface area contributed by atoms with Gasteiger partial charge in [0.25, 0.3) is 0 Å². The van der Waals surface area contributed by atoms with Gasteiger partial charge in [0, 0.05) is 60.6 Å². The predicted octanol–water partition coefficient (Wildman–Crippen LogP) is 2.82. The van der Waals surface area contributed by atoms with E-state index in [0.717, 1.165) is 29.9 Å². The summed E-state index contributed by atoms with van der Waals surface area (Å²) in [5.74, 6) is 9.48. The summed E-state index contributed by atoms with van der Waals surface area (Å²) in [7, 11) is 0. The Hall–Kier alpha value is -3.41. The fraction of sp³-hybridized carbons (Fsp3) is 0.444. The molecule has 1 aliphatic heterocycles. The summed E-state index contributed by atoms with van der Waals surface area (Å²) >= 11 is 0. The molecule has 4 atom stereocenters. The lowest BCUT2D eigenvalue weighted by atomic mass is 10.0. The van der Waals surface area contributed by atoms with Crippen molar-refractivity contribution in [1.29, 1.82) is 0 Å². The van der Waals surface area contributed by atoms with Crippen LogP contribution in [-0.2, 0) is 11.3 Å². The molecule has 2 aliphatic rings. The summed E-state index contributed by atoms with van der Waals surface area (Å²) in [5, 5.41) is 14.0. The van der Waals surface area contributed by atoms with Crippen LogP contribution in [0.3, 0.4) is 0 Å². The molecule has 1 saturated carbocycles. The van der Waals surface area contributed by atoms with Crippen LogP contribution in [-0.4, -0.2) is 49.2 Å². The lowest BCUT2D eigenvalue weighted by Crippen LogP contribution is -2.41. The van der Waals surface area contributed by atoms with E-state index in [0.29, 0.717) is 42.3 Å². The Morgan fingerprint density at radius 2 is 2.00 bits per heavy atom. The predicted molar refractivity (Wildman–Crippen MR) is 131 cm³/mol. The van der Waals surface area contributed by atoms with Crippen molar-refractivity contribution in [3.63, 3.8) is 0 Å². The van der Waals surface area contributed by atoms with Crippen molar-refractivity contribution in [3.8, 4) is 23.2 Å². The van der Waals surface area contributed by atoms with E-state index in [-0.39, 0.29) is 5.91 Å². The van der Waals surface area contributed by atoms with Crippen molar-refractivity contribution in [2.75, 3.05) is 13.1 Å². The average molecular weight is 474 g/mol. The number of hydrogen-bond acceptors (Lipinski definition) is 6. The molecular weight excluding hydrogens is 442 g/mol. The van der Waals surface area contributed by atoms with E-state index in [4.69, 9.17) is 10.3 Å². The van der Waals surface area contributed by atoms with Gasteiger partial charge in [-0.1, -0.05) is 17.0 Å². The van der Waals surface area contributed by atoms with E-state index >= 15 is 0 Å². The Bertz CT molecular complexity index is 1260. The van der Waals surface area contributed by atoms with Crippen molar-refractivity contribution in [1.82, 2.24) is 19.6 Å². The molecule has 3 heterocycles. The van der Waals surface area contributed by atoms with Crippen LogP contribution in [0.25, 0.3) is 11.3 Å². The molecule has 0 radical (unpaired) electrons. The highest BCUT2D eigenvalue weighted by Gasteiger charge is 2.56. The van der Waals surface area contributed by atoms with E-state index in [1.165, 1.54) is 0 Å². The quantitative estimate of drug-likeness (QED) is 0.533. The van der Waals surface area contributed by atoms with Gasteiger partial charge in [-0.25, -0.2) is 4.98 Å². The molecule has 1 amide bonds. The van der Waals surface area contributed by atoms with Gasteiger partial charge in [0.15, 0.2) is 5.76 Å². The Labute approximate surface area is 205 Å². The topological polar surface area (TPSA) is 110 Å². The lowest BCUT2D eigenvalue weighted by molar-refractivity contribution is -0.131. The second kappa shape index (κ2) is 8.99. The van der Waals surface area contributed by atoms with Crippen LogP contribution in [0.4, 0.5) is 0 Å². The summed E-state index contributed by atoms with van der Waals surface area (Å²) in [6.07, 6.45) is 3.21.